The Morgan fingerprint density at radius 2 is 2.40 bits per heavy atom. The minimum atomic E-state index is -0.0594. The van der Waals surface area contributed by atoms with E-state index in [0.717, 1.165) is 32.8 Å². The number of thiazole rings is 1. The van der Waals surface area contributed by atoms with E-state index in [1.807, 2.05) is 11.6 Å². The highest BCUT2D eigenvalue weighted by Crippen LogP contribution is 2.36. The smallest absolute Gasteiger partial charge is 0.103 e. The Morgan fingerprint density at radius 1 is 1.47 bits per heavy atom. The summed E-state index contributed by atoms with van der Waals surface area (Å²) in [5.41, 5.74) is -0.0594. The Kier molecular flexibility index (Phi) is 2.48. The molecule has 0 amide bonds. The van der Waals surface area contributed by atoms with E-state index in [0.29, 0.717) is 5.92 Å². The second kappa shape index (κ2) is 3.83. The molecule has 0 aromatic carbocycles. The van der Waals surface area contributed by atoms with Crippen LogP contribution in [0, 0.1) is 0 Å². The SMILES string of the molecule is c1csc(C2CNCC23CNCCO3)n1. The molecule has 1 aromatic rings. The first-order valence-electron chi connectivity index (χ1n) is 5.35. The molecule has 2 fully saturated rings. The van der Waals surface area contributed by atoms with Gasteiger partial charge < -0.3 is 15.4 Å². The molecule has 3 rings (SSSR count). The van der Waals surface area contributed by atoms with Crippen molar-refractivity contribution in [3.8, 4) is 0 Å². The number of nitrogens with one attached hydrogen (secondary N) is 2. The molecule has 2 unspecified atom stereocenters. The molecule has 0 saturated carbocycles. The van der Waals surface area contributed by atoms with Gasteiger partial charge in [0, 0.05) is 37.8 Å². The van der Waals surface area contributed by atoms with Crippen LogP contribution in [0.3, 0.4) is 0 Å². The third-order valence-electron chi connectivity index (χ3n) is 3.25. The number of morpholine rings is 1. The third-order valence-corrected chi connectivity index (χ3v) is 4.14. The summed E-state index contributed by atoms with van der Waals surface area (Å²) in [5, 5.41) is 10.1. The Bertz CT molecular complexity index is 321. The summed E-state index contributed by atoms with van der Waals surface area (Å²) in [5.74, 6) is 0.408. The molecule has 1 spiro atoms. The van der Waals surface area contributed by atoms with Crippen LogP contribution in [0.15, 0.2) is 11.6 Å². The molecule has 2 atom stereocenters. The average Bonchev–Trinajstić information content (AvgIpc) is 2.88. The Morgan fingerprint density at radius 3 is 3.13 bits per heavy atom. The van der Waals surface area contributed by atoms with Crippen molar-refractivity contribution in [3.63, 3.8) is 0 Å². The van der Waals surface area contributed by atoms with Crippen LogP contribution in [0.1, 0.15) is 10.9 Å². The maximum Gasteiger partial charge on any atom is 0.103 e. The molecule has 0 radical (unpaired) electrons. The number of hydrogen-bond acceptors (Lipinski definition) is 5. The number of aromatic nitrogens is 1. The van der Waals surface area contributed by atoms with Crippen molar-refractivity contribution >= 4 is 11.3 Å². The highest BCUT2D eigenvalue weighted by Gasteiger charge is 2.46. The second-order valence-electron chi connectivity index (χ2n) is 4.14. The highest BCUT2D eigenvalue weighted by molar-refractivity contribution is 7.09. The van der Waals surface area contributed by atoms with E-state index in [1.165, 1.54) is 5.01 Å². The van der Waals surface area contributed by atoms with E-state index >= 15 is 0 Å². The average molecular weight is 225 g/mol. The zero-order valence-electron chi connectivity index (χ0n) is 8.53. The lowest BCUT2D eigenvalue weighted by Gasteiger charge is -2.37. The van der Waals surface area contributed by atoms with Crippen molar-refractivity contribution in [3.05, 3.63) is 16.6 Å². The fourth-order valence-electron chi connectivity index (χ4n) is 2.47. The highest BCUT2D eigenvalue weighted by atomic mass is 32.1. The van der Waals surface area contributed by atoms with Crippen LogP contribution < -0.4 is 10.6 Å². The van der Waals surface area contributed by atoms with Crippen LogP contribution in [-0.2, 0) is 4.74 Å². The van der Waals surface area contributed by atoms with Crippen LogP contribution in [-0.4, -0.2) is 43.4 Å². The first-order valence-corrected chi connectivity index (χ1v) is 6.23. The Labute approximate surface area is 93.0 Å². The van der Waals surface area contributed by atoms with Crippen molar-refractivity contribution in [2.45, 2.75) is 11.5 Å². The number of hydrogen-bond donors (Lipinski definition) is 2. The van der Waals surface area contributed by atoms with Gasteiger partial charge in [0.15, 0.2) is 0 Å². The molecule has 0 aliphatic carbocycles. The molecular weight excluding hydrogens is 210 g/mol. The van der Waals surface area contributed by atoms with Crippen molar-refractivity contribution < 1.29 is 4.74 Å². The largest absolute Gasteiger partial charge is 0.370 e. The zero-order valence-corrected chi connectivity index (χ0v) is 9.35. The molecule has 3 heterocycles. The molecular formula is C10H15N3OS. The predicted octanol–water partition coefficient (Wildman–Crippen LogP) is 0.188. The first kappa shape index (κ1) is 9.72. The van der Waals surface area contributed by atoms with Crippen molar-refractivity contribution in [1.82, 2.24) is 15.6 Å². The minimum Gasteiger partial charge on any atom is -0.370 e. The lowest BCUT2D eigenvalue weighted by atomic mass is 9.90. The number of ether oxygens (including phenoxy) is 1. The van der Waals surface area contributed by atoms with Gasteiger partial charge in [0.05, 0.1) is 17.5 Å². The topological polar surface area (TPSA) is 46.2 Å². The number of rotatable bonds is 1. The maximum absolute atomic E-state index is 6.00. The van der Waals surface area contributed by atoms with E-state index in [2.05, 4.69) is 15.6 Å². The lowest BCUT2D eigenvalue weighted by Crippen LogP contribution is -2.54. The second-order valence-corrected chi connectivity index (χ2v) is 5.07. The van der Waals surface area contributed by atoms with E-state index in [9.17, 15) is 0 Å². The molecule has 2 aliphatic heterocycles. The van der Waals surface area contributed by atoms with Crippen molar-refractivity contribution in [1.29, 1.82) is 0 Å². The lowest BCUT2D eigenvalue weighted by molar-refractivity contribution is -0.0622. The minimum absolute atomic E-state index is 0.0594. The van der Waals surface area contributed by atoms with Gasteiger partial charge in [-0.2, -0.15) is 0 Å². The summed E-state index contributed by atoms with van der Waals surface area (Å²) in [6.07, 6.45) is 1.88. The van der Waals surface area contributed by atoms with E-state index in [-0.39, 0.29) is 5.60 Å². The van der Waals surface area contributed by atoms with Crippen LogP contribution in [0.5, 0.6) is 0 Å². The molecule has 2 saturated heterocycles. The molecule has 5 heteroatoms. The monoisotopic (exact) mass is 225 g/mol. The van der Waals surface area contributed by atoms with Crippen LogP contribution in [0.4, 0.5) is 0 Å². The van der Waals surface area contributed by atoms with Gasteiger partial charge in [0.25, 0.3) is 0 Å². The Balaban J connectivity index is 1.87. The van der Waals surface area contributed by atoms with Gasteiger partial charge in [-0.1, -0.05) is 0 Å². The Hall–Kier alpha value is -0.490. The van der Waals surface area contributed by atoms with Gasteiger partial charge in [-0.05, 0) is 0 Å². The normalized spacial score (nSPS) is 36.1. The van der Waals surface area contributed by atoms with Gasteiger partial charge in [0.2, 0.25) is 0 Å². The van der Waals surface area contributed by atoms with E-state index in [4.69, 9.17) is 4.74 Å². The summed E-state index contributed by atoms with van der Waals surface area (Å²) < 4.78 is 6.00. The van der Waals surface area contributed by atoms with Crippen LogP contribution in [0.25, 0.3) is 0 Å². The van der Waals surface area contributed by atoms with Crippen molar-refractivity contribution in [2.24, 2.45) is 0 Å². The fourth-order valence-corrected chi connectivity index (χ4v) is 3.32. The van der Waals surface area contributed by atoms with Crippen LogP contribution >= 0.6 is 11.3 Å². The van der Waals surface area contributed by atoms with Crippen molar-refractivity contribution in [2.75, 3.05) is 32.8 Å². The van der Waals surface area contributed by atoms with Gasteiger partial charge >= 0.3 is 0 Å². The zero-order chi connectivity index (χ0) is 10.1. The maximum atomic E-state index is 6.00. The van der Waals surface area contributed by atoms with Gasteiger partial charge in [0.1, 0.15) is 5.60 Å². The van der Waals surface area contributed by atoms with E-state index in [1.54, 1.807) is 11.3 Å². The van der Waals surface area contributed by atoms with Gasteiger partial charge in [-0.3, -0.25) is 0 Å². The number of nitrogens with zero attached hydrogens (tertiary/aromatic N) is 1. The molecule has 15 heavy (non-hydrogen) atoms. The molecule has 1 aromatic heterocycles. The predicted molar refractivity (Wildman–Crippen MR) is 59.3 cm³/mol. The quantitative estimate of drug-likeness (QED) is 0.716. The molecule has 0 bridgehead atoms. The van der Waals surface area contributed by atoms with Gasteiger partial charge in [-0.15, -0.1) is 11.3 Å². The molecule has 4 nitrogen and oxygen atoms in total. The van der Waals surface area contributed by atoms with Gasteiger partial charge in [-0.25, -0.2) is 4.98 Å². The summed E-state index contributed by atoms with van der Waals surface area (Å²) in [4.78, 5) is 4.42. The molecule has 2 aliphatic rings. The first-order chi connectivity index (χ1) is 7.41. The summed E-state index contributed by atoms with van der Waals surface area (Å²) in [6, 6.07) is 0. The van der Waals surface area contributed by atoms with E-state index < -0.39 is 0 Å². The fraction of sp³-hybridized carbons (Fsp3) is 0.700. The standard InChI is InChI=1S/C10H15N3OS/c1-3-14-10(6-11-1)7-12-5-8(10)9-13-2-4-15-9/h2,4,8,11-12H,1,3,5-7H2. The molecule has 82 valence electrons. The molecule has 2 N–H and O–H groups in total. The van der Waals surface area contributed by atoms with Crippen LogP contribution in [0.2, 0.25) is 0 Å². The summed E-state index contributed by atoms with van der Waals surface area (Å²) in [7, 11) is 0. The summed E-state index contributed by atoms with van der Waals surface area (Å²) in [6.45, 7) is 4.62. The summed E-state index contributed by atoms with van der Waals surface area (Å²) >= 11 is 1.73. The third kappa shape index (κ3) is 1.59.